The van der Waals surface area contributed by atoms with Crippen LogP contribution in [-0.2, 0) is 10.8 Å². The van der Waals surface area contributed by atoms with Crippen molar-refractivity contribution < 1.29 is 4.21 Å². The first kappa shape index (κ1) is 10.6. The van der Waals surface area contributed by atoms with Crippen LogP contribution in [0.15, 0.2) is 0 Å². The molecule has 0 saturated heterocycles. The van der Waals surface area contributed by atoms with Crippen LogP contribution in [0.1, 0.15) is 20.8 Å². The van der Waals surface area contributed by atoms with Crippen LogP contribution in [0.25, 0.3) is 0 Å². The Morgan fingerprint density at radius 1 is 1.36 bits per heavy atom. The summed E-state index contributed by atoms with van der Waals surface area (Å²) in [4.78, 5) is 0. The van der Waals surface area contributed by atoms with E-state index in [1.807, 2.05) is 13.8 Å². The van der Waals surface area contributed by atoms with Crippen molar-refractivity contribution in [2.75, 3.05) is 11.5 Å². The van der Waals surface area contributed by atoms with Crippen molar-refractivity contribution in [3.63, 3.8) is 0 Å². The molecule has 0 amide bonds. The lowest BCUT2D eigenvalue weighted by atomic mass is 10.3. The lowest BCUT2D eigenvalue weighted by molar-refractivity contribution is 0.658. The molecule has 0 aliphatic rings. The summed E-state index contributed by atoms with van der Waals surface area (Å²) in [5, 5.41) is 8.43. The number of hydrogen-bond donors (Lipinski definition) is 0. The minimum atomic E-state index is -0.803. The molecule has 0 N–H and O–H groups in total. The van der Waals surface area contributed by atoms with Gasteiger partial charge in [0.25, 0.3) is 0 Å². The Kier molecular flexibility index (Phi) is 5.14. The molecule has 0 aromatic rings. The summed E-state index contributed by atoms with van der Waals surface area (Å²) in [5.41, 5.74) is 0. The maximum atomic E-state index is 11.2. The quantitative estimate of drug-likeness (QED) is 0.647. The molecule has 3 heteroatoms. The molecule has 0 spiro atoms. The second-order valence-electron chi connectivity index (χ2n) is 3.20. The number of nitrogens with zero attached hydrogens (tertiary/aromatic N) is 1. The third kappa shape index (κ3) is 6.05. The van der Waals surface area contributed by atoms with Crippen molar-refractivity contribution in [3.05, 3.63) is 0 Å². The van der Waals surface area contributed by atoms with Gasteiger partial charge in [-0.15, -0.1) is 0 Å². The Balaban J connectivity index is 3.63. The molecule has 11 heavy (non-hydrogen) atoms. The van der Waals surface area contributed by atoms with Crippen molar-refractivity contribution in [2.24, 2.45) is 11.8 Å². The van der Waals surface area contributed by atoms with E-state index in [1.165, 1.54) is 0 Å². The smallest absolute Gasteiger partial charge is 0.0662 e. The van der Waals surface area contributed by atoms with Gasteiger partial charge in [-0.2, -0.15) is 5.26 Å². The van der Waals surface area contributed by atoms with E-state index in [2.05, 4.69) is 6.07 Å². The second kappa shape index (κ2) is 5.31. The molecule has 0 aromatic heterocycles. The number of nitriles is 1. The lowest BCUT2D eigenvalue weighted by Gasteiger charge is -2.05. The van der Waals surface area contributed by atoms with Gasteiger partial charge in [0.05, 0.1) is 12.0 Å². The highest BCUT2D eigenvalue weighted by molar-refractivity contribution is 7.85. The van der Waals surface area contributed by atoms with Gasteiger partial charge in [0.15, 0.2) is 0 Å². The fourth-order valence-corrected chi connectivity index (χ4v) is 2.27. The van der Waals surface area contributed by atoms with Gasteiger partial charge < -0.3 is 0 Å². The van der Waals surface area contributed by atoms with E-state index in [4.69, 9.17) is 5.26 Å². The molecule has 0 aliphatic heterocycles. The van der Waals surface area contributed by atoms with Crippen LogP contribution in [0.5, 0.6) is 0 Å². The second-order valence-corrected chi connectivity index (χ2v) is 4.74. The maximum absolute atomic E-state index is 11.2. The van der Waals surface area contributed by atoms with Crippen molar-refractivity contribution in [3.8, 4) is 6.07 Å². The molecular formula is C8H15NOS. The molecule has 0 heterocycles. The zero-order chi connectivity index (χ0) is 8.85. The van der Waals surface area contributed by atoms with Crippen molar-refractivity contribution >= 4 is 10.8 Å². The molecule has 2 atom stereocenters. The van der Waals surface area contributed by atoms with E-state index in [0.717, 1.165) is 0 Å². The van der Waals surface area contributed by atoms with Crippen LogP contribution in [0.4, 0.5) is 0 Å². The first-order chi connectivity index (χ1) is 5.06. The summed E-state index contributed by atoms with van der Waals surface area (Å²) >= 11 is 0. The third-order valence-electron chi connectivity index (χ3n) is 1.18. The Morgan fingerprint density at radius 3 is 2.27 bits per heavy atom. The van der Waals surface area contributed by atoms with Gasteiger partial charge in [0, 0.05) is 22.3 Å². The van der Waals surface area contributed by atoms with Gasteiger partial charge in [-0.05, 0) is 12.8 Å². The standard InChI is InChI=1S/C8H15NOS/c1-7(2)5-11(10)6-8(3)4-9/h7-8H,5-6H2,1-3H3. The molecule has 0 saturated carbocycles. The van der Waals surface area contributed by atoms with E-state index in [9.17, 15) is 4.21 Å². The molecule has 0 radical (unpaired) electrons. The first-order valence-electron chi connectivity index (χ1n) is 3.80. The normalized spacial score (nSPS) is 15.9. The first-order valence-corrected chi connectivity index (χ1v) is 5.29. The van der Waals surface area contributed by atoms with Crippen LogP contribution in [0.2, 0.25) is 0 Å². The van der Waals surface area contributed by atoms with Crippen molar-refractivity contribution in [1.29, 1.82) is 5.26 Å². The average Bonchev–Trinajstić information content (AvgIpc) is 1.85. The van der Waals surface area contributed by atoms with Crippen LogP contribution in [-0.4, -0.2) is 15.7 Å². The summed E-state index contributed by atoms with van der Waals surface area (Å²) in [6.07, 6.45) is 0. The molecule has 0 fully saturated rings. The van der Waals surface area contributed by atoms with E-state index < -0.39 is 10.8 Å². The Hall–Kier alpha value is -0.360. The molecular weight excluding hydrogens is 158 g/mol. The third-order valence-corrected chi connectivity index (χ3v) is 3.09. The zero-order valence-electron chi connectivity index (χ0n) is 7.33. The summed E-state index contributed by atoms with van der Waals surface area (Å²) in [6, 6.07) is 2.08. The number of rotatable bonds is 4. The minimum absolute atomic E-state index is 0.0745. The molecule has 0 bridgehead atoms. The fraction of sp³-hybridized carbons (Fsp3) is 0.875. The maximum Gasteiger partial charge on any atom is 0.0662 e. The molecule has 0 aromatic carbocycles. The monoisotopic (exact) mass is 173 g/mol. The van der Waals surface area contributed by atoms with Crippen molar-refractivity contribution in [2.45, 2.75) is 20.8 Å². The van der Waals surface area contributed by atoms with Crippen LogP contribution < -0.4 is 0 Å². The molecule has 64 valence electrons. The van der Waals surface area contributed by atoms with Crippen LogP contribution in [0.3, 0.4) is 0 Å². The fourth-order valence-electron chi connectivity index (χ4n) is 0.756. The van der Waals surface area contributed by atoms with Gasteiger partial charge in [-0.1, -0.05) is 13.8 Å². The van der Waals surface area contributed by atoms with Gasteiger partial charge in [0.2, 0.25) is 0 Å². The summed E-state index contributed by atoms with van der Waals surface area (Å²) < 4.78 is 11.2. The highest BCUT2D eigenvalue weighted by Crippen LogP contribution is 2.01. The summed E-state index contributed by atoms with van der Waals surface area (Å²) in [6.45, 7) is 5.88. The molecule has 2 nitrogen and oxygen atoms in total. The molecule has 2 unspecified atom stereocenters. The predicted octanol–water partition coefficient (Wildman–Crippen LogP) is 1.55. The van der Waals surface area contributed by atoms with Crippen molar-refractivity contribution in [1.82, 2.24) is 0 Å². The lowest BCUT2D eigenvalue weighted by Crippen LogP contribution is -2.12. The van der Waals surface area contributed by atoms with Crippen LogP contribution in [0, 0.1) is 23.2 Å². The van der Waals surface area contributed by atoms with E-state index in [-0.39, 0.29) is 5.92 Å². The van der Waals surface area contributed by atoms with E-state index in [1.54, 1.807) is 6.92 Å². The van der Waals surface area contributed by atoms with Gasteiger partial charge in [0.1, 0.15) is 0 Å². The topological polar surface area (TPSA) is 40.9 Å². The molecule has 0 rings (SSSR count). The van der Waals surface area contributed by atoms with E-state index in [0.29, 0.717) is 17.4 Å². The SMILES string of the molecule is CC(C)CS(=O)CC(C)C#N. The highest BCUT2D eigenvalue weighted by Gasteiger charge is 2.07. The Labute approximate surface area is 71.1 Å². The Bertz CT molecular complexity index is 171. The van der Waals surface area contributed by atoms with Gasteiger partial charge >= 0.3 is 0 Å². The minimum Gasteiger partial charge on any atom is -0.260 e. The van der Waals surface area contributed by atoms with Gasteiger partial charge in [-0.3, -0.25) is 4.21 Å². The number of hydrogen-bond acceptors (Lipinski definition) is 2. The molecule has 0 aliphatic carbocycles. The van der Waals surface area contributed by atoms with Crippen LogP contribution >= 0.6 is 0 Å². The predicted molar refractivity (Wildman–Crippen MR) is 47.5 cm³/mol. The van der Waals surface area contributed by atoms with E-state index >= 15 is 0 Å². The summed E-state index contributed by atoms with van der Waals surface area (Å²) in [5.74, 6) is 1.62. The average molecular weight is 173 g/mol. The Morgan fingerprint density at radius 2 is 1.91 bits per heavy atom. The van der Waals surface area contributed by atoms with Gasteiger partial charge in [-0.25, -0.2) is 0 Å². The highest BCUT2D eigenvalue weighted by atomic mass is 32.2. The summed E-state index contributed by atoms with van der Waals surface area (Å²) in [7, 11) is -0.803. The largest absolute Gasteiger partial charge is 0.260 e. The zero-order valence-corrected chi connectivity index (χ0v) is 8.15.